The molecule has 0 fully saturated rings. The van der Waals surface area contributed by atoms with Gasteiger partial charge < -0.3 is 5.32 Å². The number of fused-ring (bicyclic) bond motifs is 1. The van der Waals surface area contributed by atoms with Crippen LogP contribution in [0.2, 0.25) is 0 Å². The van der Waals surface area contributed by atoms with Crippen LogP contribution in [0.15, 0.2) is 34.7 Å². The third kappa shape index (κ3) is 5.32. The summed E-state index contributed by atoms with van der Waals surface area (Å²) in [6.07, 6.45) is 8.71. The maximum atomic E-state index is 5.48. The Morgan fingerprint density at radius 1 is 1.43 bits per heavy atom. The number of rotatable bonds is 4. The molecule has 0 spiro atoms. The normalized spacial score (nSPS) is 13.1. The van der Waals surface area contributed by atoms with Gasteiger partial charge in [0.25, 0.3) is 0 Å². The van der Waals surface area contributed by atoms with Crippen molar-refractivity contribution >= 4 is 23.2 Å². The van der Waals surface area contributed by atoms with Crippen molar-refractivity contribution in [2.75, 3.05) is 24.2 Å². The minimum absolute atomic E-state index is 0.813. The number of hydrogen-bond donors (Lipinski definition) is 1. The zero-order valence-corrected chi connectivity index (χ0v) is 14.0. The quantitative estimate of drug-likeness (QED) is 0.824. The third-order valence-corrected chi connectivity index (χ3v) is 3.70. The van der Waals surface area contributed by atoms with E-state index < -0.39 is 0 Å². The Hall–Kier alpha value is -1.66. The molecule has 0 aromatic heterocycles. The van der Waals surface area contributed by atoms with Crippen LogP contribution in [0, 0.1) is 12.3 Å². The van der Waals surface area contributed by atoms with Gasteiger partial charge in [0, 0.05) is 29.1 Å². The molecule has 2 rings (SSSR count). The third-order valence-electron chi connectivity index (χ3n) is 2.88. The van der Waals surface area contributed by atoms with Crippen LogP contribution in [0.1, 0.15) is 38.3 Å². The number of aliphatic imine (C=N–C) groups is 1. The maximum Gasteiger partial charge on any atom is 0.0566 e. The molecule has 0 bridgehead atoms. The van der Waals surface area contributed by atoms with E-state index in [4.69, 9.17) is 6.42 Å². The molecular weight excluding hydrogens is 276 g/mol. The van der Waals surface area contributed by atoms with E-state index in [9.17, 15) is 0 Å². The molecule has 0 aliphatic carbocycles. The molecule has 1 aliphatic rings. The number of hydrogen-bond acceptors (Lipinski definition) is 3. The number of anilines is 1. The van der Waals surface area contributed by atoms with Gasteiger partial charge in [-0.15, -0.1) is 18.2 Å². The molecule has 21 heavy (non-hydrogen) atoms. The van der Waals surface area contributed by atoms with E-state index in [2.05, 4.69) is 46.8 Å². The minimum Gasteiger partial charge on any atom is -0.383 e. The average molecular weight is 300 g/mol. The standard InChI is InChI=1S/C16H18N2S.C2H6/c1-3-5-10-19-12-16-14-11-13(4-2)6-7-15(14)17-8-9-18-16;1-2/h2,5-7,10-11,17H,3,8-9,12H2,1H3;1-2H3/b10-5-;. The fraction of sp³-hybridized carbons (Fsp3) is 0.389. The molecule has 112 valence electrons. The lowest BCUT2D eigenvalue weighted by atomic mass is 10.1. The van der Waals surface area contributed by atoms with Crippen LogP contribution >= 0.6 is 11.8 Å². The summed E-state index contributed by atoms with van der Waals surface area (Å²) < 4.78 is 0. The second-order valence-corrected chi connectivity index (χ2v) is 5.15. The van der Waals surface area contributed by atoms with Gasteiger partial charge in [-0.2, -0.15) is 0 Å². The van der Waals surface area contributed by atoms with E-state index >= 15 is 0 Å². The lowest BCUT2D eigenvalue weighted by Gasteiger charge is -2.10. The van der Waals surface area contributed by atoms with Gasteiger partial charge in [0.1, 0.15) is 0 Å². The highest BCUT2D eigenvalue weighted by molar-refractivity contribution is 8.02. The molecule has 0 atom stereocenters. The minimum atomic E-state index is 0.813. The van der Waals surface area contributed by atoms with Crippen molar-refractivity contribution in [3.63, 3.8) is 0 Å². The topological polar surface area (TPSA) is 24.4 Å². The van der Waals surface area contributed by atoms with Crippen LogP contribution in [0.25, 0.3) is 0 Å². The summed E-state index contributed by atoms with van der Waals surface area (Å²) in [5, 5.41) is 5.54. The van der Waals surface area contributed by atoms with Gasteiger partial charge in [-0.25, -0.2) is 0 Å². The fourth-order valence-electron chi connectivity index (χ4n) is 1.91. The zero-order chi connectivity index (χ0) is 15.5. The van der Waals surface area contributed by atoms with Crippen molar-refractivity contribution in [3.8, 4) is 12.3 Å². The van der Waals surface area contributed by atoms with Crippen LogP contribution in [-0.4, -0.2) is 24.6 Å². The monoisotopic (exact) mass is 300 g/mol. The van der Waals surface area contributed by atoms with Crippen LogP contribution in [0.4, 0.5) is 5.69 Å². The number of benzodiazepines with no additional fused rings is 1. The van der Waals surface area contributed by atoms with Crippen molar-refractivity contribution in [2.24, 2.45) is 4.99 Å². The molecule has 2 nitrogen and oxygen atoms in total. The maximum absolute atomic E-state index is 5.48. The largest absolute Gasteiger partial charge is 0.383 e. The van der Waals surface area contributed by atoms with E-state index in [1.54, 1.807) is 11.8 Å². The Morgan fingerprint density at radius 3 is 2.95 bits per heavy atom. The fourth-order valence-corrected chi connectivity index (χ4v) is 2.74. The van der Waals surface area contributed by atoms with Crippen molar-refractivity contribution in [1.29, 1.82) is 0 Å². The van der Waals surface area contributed by atoms with Crippen molar-refractivity contribution in [3.05, 3.63) is 40.8 Å². The van der Waals surface area contributed by atoms with Crippen LogP contribution in [0.3, 0.4) is 0 Å². The van der Waals surface area contributed by atoms with Gasteiger partial charge in [0.15, 0.2) is 0 Å². The first-order valence-electron chi connectivity index (χ1n) is 7.50. The Balaban J connectivity index is 0.00000106. The van der Waals surface area contributed by atoms with Crippen molar-refractivity contribution in [1.82, 2.24) is 0 Å². The first-order chi connectivity index (χ1) is 10.3. The number of nitrogens with zero attached hydrogens (tertiary/aromatic N) is 1. The smallest absolute Gasteiger partial charge is 0.0566 e. The molecule has 1 heterocycles. The van der Waals surface area contributed by atoms with Gasteiger partial charge in [0.05, 0.1) is 12.3 Å². The number of benzene rings is 1. The lowest BCUT2D eigenvalue weighted by molar-refractivity contribution is 1.03. The van der Waals surface area contributed by atoms with Gasteiger partial charge in [0.2, 0.25) is 0 Å². The summed E-state index contributed by atoms with van der Waals surface area (Å²) in [5.74, 6) is 3.58. The molecule has 1 aromatic rings. The Bertz CT molecular complexity index is 539. The molecule has 1 aliphatic heterocycles. The summed E-state index contributed by atoms with van der Waals surface area (Å²) in [4.78, 5) is 4.67. The number of terminal acetylenes is 1. The summed E-state index contributed by atoms with van der Waals surface area (Å²) in [6.45, 7) is 7.83. The highest BCUT2D eigenvalue weighted by atomic mass is 32.2. The predicted octanol–water partition coefficient (Wildman–Crippen LogP) is 4.57. The van der Waals surface area contributed by atoms with E-state index in [0.29, 0.717) is 0 Å². The molecule has 0 saturated carbocycles. The summed E-state index contributed by atoms with van der Waals surface area (Å²) in [5.41, 5.74) is 4.31. The predicted molar refractivity (Wildman–Crippen MR) is 97.5 cm³/mol. The second kappa shape index (κ2) is 10.1. The van der Waals surface area contributed by atoms with Gasteiger partial charge >= 0.3 is 0 Å². The van der Waals surface area contributed by atoms with E-state index in [1.807, 2.05) is 19.9 Å². The second-order valence-electron chi connectivity index (χ2n) is 4.25. The van der Waals surface area contributed by atoms with Crippen LogP contribution < -0.4 is 5.32 Å². The van der Waals surface area contributed by atoms with Crippen molar-refractivity contribution < 1.29 is 0 Å². The summed E-state index contributed by atoms with van der Waals surface area (Å²) in [6, 6.07) is 6.08. The summed E-state index contributed by atoms with van der Waals surface area (Å²) >= 11 is 1.78. The Morgan fingerprint density at radius 2 is 2.24 bits per heavy atom. The number of allylic oxidation sites excluding steroid dienone is 1. The summed E-state index contributed by atoms with van der Waals surface area (Å²) in [7, 11) is 0. The molecule has 1 aromatic carbocycles. The molecular formula is C18H24N2S. The van der Waals surface area contributed by atoms with Gasteiger partial charge in [-0.1, -0.05) is 32.8 Å². The molecule has 0 amide bonds. The van der Waals surface area contributed by atoms with E-state index in [-0.39, 0.29) is 0 Å². The zero-order valence-electron chi connectivity index (χ0n) is 13.1. The Labute approximate surface area is 133 Å². The molecule has 1 N–H and O–H groups in total. The van der Waals surface area contributed by atoms with E-state index in [0.717, 1.165) is 47.8 Å². The first-order valence-corrected chi connectivity index (χ1v) is 8.55. The molecule has 0 unspecified atom stereocenters. The van der Waals surface area contributed by atoms with E-state index in [1.165, 1.54) is 0 Å². The SMILES string of the molecule is C#Cc1ccc2c(c1)C(CS/C=C\CC)=NCCN2.CC. The van der Waals surface area contributed by atoms with Crippen LogP contribution in [0.5, 0.6) is 0 Å². The highest BCUT2D eigenvalue weighted by Gasteiger charge is 2.12. The number of thioether (sulfide) groups is 1. The average Bonchev–Trinajstić information content (AvgIpc) is 2.75. The Kier molecular flexibility index (Phi) is 8.38. The molecule has 0 radical (unpaired) electrons. The molecule has 0 saturated heterocycles. The first kappa shape index (κ1) is 17.4. The van der Waals surface area contributed by atoms with Gasteiger partial charge in [-0.05, 0) is 30.0 Å². The molecule has 3 heteroatoms. The van der Waals surface area contributed by atoms with Gasteiger partial charge in [-0.3, -0.25) is 4.99 Å². The highest BCUT2D eigenvalue weighted by Crippen LogP contribution is 2.22. The van der Waals surface area contributed by atoms with Crippen LogP contribution in [-0.2, 0) is 0 Å². The van der Waals surface area contributed by atoms with Crippen molar-refractivity contribution in [2.45, 2.75) is 27.2 Å². The number of nitrogens with one attached hydrogen (secondary N) is 1. The lowest BCUT2D eigenvalue weighted by Crippen LogP contribution is -2.06.